The number of hydrogen-bond acceptors (Lipinski definition) is 4. The Hall–Kier alpha value is -1.41. The van der Waals surface area contributed by atoms with Gasteiger partial charge in [-0.05, 0) is 32.0 Å². The highest BCUT2D eigenvalue weighted by Crippen LogP contribution is 2.11. The highest BCUT2D eigenvalue weighted by molar-refractivity contribution is 7.89. The third-order valence-corrected chi connectivity index (χ3v) is 3.95. The van der Waals surface area contributed by atoms with Crippen LogP contribution in [0.25, 0.3) is 0 Å². The summed E-state index contributed by atoms with van der Waals surface area (Å²) in [5, 5.41) is 2.67. The average Bonchev–Trinajstić information content (AvgIpc) is 2.42. The summed E-state index contributed by atoms with van der Waals surface area (Å²) in [4.78, 5) is 12.0. The monoisotopic (exact) mass is 347 g/mol. The summed E-state index contributed by atoms with van der Waals surface area (Å²) >= 11 is 0. The van der Waals surface area contributed by atoms with Crippen molar-refractivity contribution in [1.29, 1.82) is 0 Å². The standard InChI is InChI=1S/C14H21N3O3S.ClH/c1-4-8-17-21(19,20)12-7-5-6-11(9-12)13(18)16-10-14(2,3)15;/h4-7,9,17H,1,8,10,15H2,2-3H3,(H,16,18);1H. The molecule has 1 aromatic carbocycles. The molecule has 0 unspecified atom stereocenters. The van der Waals surface area contributed by atoms with E-state index in [9.17, 15) is 13.2 Å². The molecular formula is C14H22ClN3O3S. The molecule has 4 N–H and O–H groups in total. The minimum Gasteiger partial charge on any atom is -0.350 e. The normalized spacial score (nSPS) is 11.4. The number of halogens is 1. The van der Waals surface area contributed by atoms with Gasteiger partial charge in [0.15, 0.2) is 0 Å². The maximum Gasteiger partial charge on any atom is 0.251 e. The quantitative estimate of drug-likeness (QED) is 0.641. The summed E-state index contributed by atoms with van der Waals surface area (Å²) in [6.45, 7) is 7.43. The van der Waals surface area contributed by atoms with Crippen molar-refractivity contribution >= 4 is 28.3 Å². The molecule has 0 saturated carbocycles. The largest absolute Gasteiger partial charge is 0.350 e. The second-order valence-corrected chi connectivity index (χ2v) is 7.11. The van der Waals surface area contributed by atoms with Crippen LogP contribution in [0.1, 0.15) is 24.2 Å². The number of carbonyl (C=O) groups excluding carboxylic acids is 1. The van der Waals surface area contributed by atoms with E-state index < -0.39 is 15.6 Å². The SMILES string of the molecule is C=CCNS(=O)(=O)c1cccc(C(=O)NCC(C)(C)N)c1.Cl. The second-order valence-electron chi connectivity index (χ2n) is 5.34. The summed E-state index contributed by atoms with van der Waals surface area (Å²) < 4.78 is 26.3. The minimum absolute atomic E-state index is 0. The van der Waals surface area contributed by atoms with Crippen LogP contribution in [0.3, 0.4) is 0 Å². The number of amides is 1. The smallest absolute Gasteiger partial charge is 0.251 e. The second kappa shape index (κ2) is 8.28. The number of benzene rings is 1. The van der Waals surface area contributed by atoms with Gasteiger partial charge >= 0.3 is 0 Å². The molecule has 0 aromatic heterocycles. The lowest BCUT2D eigenvalue weighted by Crippen LogP contribution is -2.45. The number of nitrogens with one attached hydrogen (secondary N) is 2. The molecule has 1 aromatic rings. The van der Waals surface area contributed by atoms with Gasteiger partial charge in [-0.1, -0.05) is 12.1 Å². The molecule has 0 aliphatic heterocycles. The lowest BCUT2D eigenvalue weighted by molar-refractivity contribution is 0.0946. The Morgan fingerprint density at radius 2 is 2.05 bits per heavy atom. The van der Waals surface area contributed by atoms with E-state index >= 15 is 0 Å². The van der Waals surface area contributed by atoms with Crippen molar-refractivity contribution in [2.45, 2.75) is 24.3 Å². The van der Waals surface area contributed by atoms with Gasteiger partial charge in [0, 0.05) is 24.2 Å². The van der Waals surface area contributed by atoms with Crippen LogP contribution in [0.4, 0.5) is 0 Å². The Labute approximate surface area is 137 Å². The van der Waals surface area contributed by atoms with Crippen LogP contribution >= 0.6 is 12.4 Å². The zero-order valence-electron chi connectivity index (χ0n) is 12.6. The van der Waals surface area contributed by atoms with E-state index in [-0.39, 0.29) is 41.9 Å². The molecule has 0 bridgehead atoms. The molecule has 0 spiro atoms. The Kier molecular flexibility index (Phi) is 7.75. The first-order valence-corrected chi connectivity index (χ1v) is 7.92. The van der Waals surface area contributed by atoms with Crippen LogP contribution in [0.15, 0.2) is 41.8 Å². The Morgan fingerprint density at radius 1 is 1.41 bits per heavy atom. The van der Waals surface area contributed by atoms with Crippen LogP contribution in [0.2, 0.25) is 0 Å². The summed E-state index contributed by atoms with van der Waals surface area (Å²) in [6, 6.07) is 5.82. The molecule has 0 fully saturated rings. The van der Waals surface area contributed by atoms with Crippen molar-refractivity contribution in [3.63, 3.8) is 0 Å². The molecule has 124 valence electrons. The molecular weight excluding hydrogens is 326 g/mol. The van der Waals surface area contributed by atoms with E-state index in [0.29, 0.717) is 0 Å². The molecule has 0 saturated heterocycles. The third kappa shape index (κ3) is 6.57. The number of nitrogens with two attached hydrogens (primary N) is 1. The van der Waals surface area contributed by atoms with Crippen LogP contribution < -0.4 is 15.8 Å². The Bertz CT molecular complexity index is 624. The molecule has 0 aliphatic rings. The third-order valence-electron chi connectivity index (χ3n) is 2.53. The first-order valence-electron chi connectivity index (χ1n) is 6.43. The summed E-state index contributed by atoms with van der Waals surface area (Å²) in [7, 11) is -3.65. The van der Waals surface area contributed by atoms with Gasteiger partial charge in [0.1, 0.15) is 0 Å². The van der Waals surface area contributed by atoms with E-state index in [1.54, 1.807) is 19.9 Å². The minimum atomic E-state index is -3.65. The maximum absolute atomic E-state index is 12.0. The van der Waals surface area contributed by atoms with Crippen LogP contribution in [-0.4, -0.2) is 33.0 Å². The van der Waals surface area contributed by atoms with Gasteiger partial charge in [0.2, 0.25) is 10.0 Å². The van der Waals surface area contributed by atoms with Crippen molar-refractivity contribution in [1.82, 2.24) is 10.0 Å². The zero-order chi connectivity index (χ0) is 16.1. The summed E-state index contributed by atoms with van der Waals surface area (Å²) in [5.41, 5.74) is 5.51. The first-order chi connectivity index (χ1) is 9.65. The van der Waals surface area contributed by atoms with Gasteiger partial charge < -0.3 is 11.1 Å². The van der Waals surface area contributed by atoms with Crippen LogP contribution in [0.5, 0.6) is 0 Å². The van der Waals surface area contributed by atoms with Gasteiger partial charge in [-0.2, -0.15) is 0 Å². The van der Waals surface area contributed by atoms with Gasteiger partial charge in [-0.3, -0.25) is 4.79 Å². The van der Waals surface area contributed by atoms with Crippen molar-refractivity contribution in [3.05, 3.63) is 42.5 Å². The van der Waals surface area contributed by atoms with Gasteiger partial charge in [0.05, 0.1) is 4.90 Å². The lowest BCUT2D eigenvalue weighted by atomic mass is 10.1. The van der Waals surface area contributed by atoms with Gasteiger partial charge in [-0.15, -0.1) is 19.0 Å². The van der Waals surface area contributed by atoms with E-state index in [0.717, 1.165) is 0 Å². The maximum atomic E-state index is 12.0. The first kappa shape index (κ1) is 20.6. The number of rotatable bonds is 7. The number of sulfonamides is 1. The predicted molar refractivity (Wildman–Crippen MR) is 89.7 cm³/mol. The summed E-state index contributed by atoms with van der Waals surface area (Å²) in [5.74, 6) is -0.366. The fourth-order valence-corrected chi connectivity index (χ4v) is 2.51. The van der Waals surface area contributed by atoms with Crippen molar-refractivity contribution in [2.24, 2.45) is 5.73 Å². The number of carbonyl (C=O) groups is 1. The Morgan fingerprint density at radius 3 is 2.59 bits per heavy atom. The highest BCUT2D eigenvalue weighted by Gasteiger charge is 2.17. The van der Waals surface area contributed by atoms with Crippen molar-refractivity contribution in [3.8, 4) is 0 Å². The lowest BCUT2D eigenvalue weighted by Gasteiger charge is -2.19. The van der Waals surface area contributed by atoms with Crippen LogP contribution in [0, 0.1) is 0 Å². The van der Waals surface area contributed by atoms with E-state index in [1.807, 2.05) is 0 Å². The zero-order valence-corrected chi connectivity index (χ0v) is 14.3. The average molecular weight is 348 g/mol. The Balaban J connectivity index is 0.00000441. The van der Waals surface area contributed by atoms with Crippen LogP contribution in [-0.2, 0) is 10.0 Å². The molecule has 8 heteroatoms. The fourth-order valence-electron chi connectivity index (χ4n) is 1.47. The molecule has 22 heavy (non-hydrogen) atoms. The topological polar surface area (TPSA) is 101 Å². The van der Waals surface area contributed by atoms with E-state index in [2.05, 4.69) is 16.6 Å². The molecule has 0 heterocycles. The summed E-state index contributed by atoms with van der Waals surface area (Å²) in [6.07, 6.45) is 1.44. The van der Waals surface area contributed by atoms with Crippen molar-refractivity contribution < 1.29 is 13.2 Å². The van der Waals surface area contributed by atoms with E-state index in [1.165, 1.54) is 24.3 Å². The number of hydrogen-bond donors (Lipinski definition) is 3. The molecule has 1 amide bonds. The van der Waals surface area contributed by atoms with Gasteiger partial charge in [-0.25, -0.2) is 13.1 Å². The van der Waals surface area contributed by atoms with E-state index in [4.69, 9.17) is 5.73 Å². The molecule has 0 aliphatic carbocycles. The highest BCUT2D eigenvalue weighted by atomic mass is 35.5. The molecule has 1 rings (SSSR count). The fraction of sp³-hybridized carbons (Fsp3) is 0.357. The molecule has 0 atom stereocenters. The van der Waals surface area contributed by atoms with Crippen molar-refractivity contribution in [2.75, 3.05) is 13.1 Å². The molecule has 6 nitrogen and oxygen atoms in total. The predicted octanol–water partition coefficient (Wildman–Crippen LogP) is 1.04. The van der Waals surface area contributed by atoms with Gasteiger partial charge in [0.25, 0.3) is 5.91 Å². The molecule has 0 radical (unpaired) electrons.